The molecule has 2 aromatic rings. The van der Waals surface area contributed by atoms with Gasteiger partial charge in [0.25, 0.3) is 0 Å². The molecule has 1 atom stereocenters. The highest BCUT2D eigenvalue weighted by molar-refractivity contribution is 6.30. The molecule has 2 rings (SSSR count). The van der Waals surface area contributed by atoms with Crippen molar-refractivity contribution in [1.82, 2.24) is 20.1 Å². The van der Waals surface area contributed by atoms with Gasteiger partial charge in [0.1, 0.15) is 11.6 Å². The minimum atomic E-state index is -0.498. The van der Waals surface area contributed by atoms with Gasteiger partial charge in [0.2, 0.25) is 5.91 Å². The Bertz CT molecular complexity index is 671. The average molecular weight is 311 g/mol. The molecule has 5 nitrogen and oxygen atoms in total. The molecule has 0 aliphatic carbocycles. The van der Waals surface area contributed by atoms with Gasteiger partial charge in [-0.15, -0.1) is 10.2 Å². The molecule has 1 aromatic carbocycles. The van der Waals surface area contributed by atoms with Crippen molar-refractivity contribution in [1.29, 1.82) is 0 Å². The lowest BCUT2D eigenvalue weighted by Gasteiger charge is -2.13. The molecule has 0 bridgehead atoms. The van der Waals surface area contributed by atoms with Crippen LogP contribution in [0.5, 0.6) is 0 Å². The Kier molecular flexibility index (Phi) is 4.57. The molecule has 0 saturated heterocycles. The normalized spacial score (nSPS) is 12.2. The van der Waals surface area contributed by atoms with Crippen molar-refractivity contribution in [3.05, 3.63) is 46.3 Å². The first-order valence-corrected chi connectivity index (χ1v) is 6.85. The number of carbonyl (C=O) groups excluding carboxylic acids is 1. The smallest absolute Gasteiger partial charge is 0.227 e. The highest BCUT2D eigenvalue weighted by Gasteiger charge is 2.17. The molecule has 0 radical (unpaired) electrons. The Morgan fingerprint density at radius 3 is 2.76 bits per heavy atom. The second-order valence-corrected chi connectivity index (χ2v) is 5.24. The molecule has 1 aromatic heterocycles. The standard InChI is InChI=1S/C14H16ClFN4O/c1-8(10-4-5-12(16)11(15)6-10)14(21)17-7-13-19-18-9(2)20(13)3/h4-6,8H,7H2,1-3H3,(H,17,21). The fourth-order valence-electron chi connectivity index (χ4n) is 1.86. The van der Waals surface area contributed by atoms with E-state index in [0.717, 1.165) is 5.82 Å². The van der Waals surface area contributed by atoms with Crippen LogP contribution in [-0.4, -0.2) is 20.7 Å². The molecule has 0 aliphatic heterocycles. The first-order chi connectivity index (χ1) is 9.90. The van der Waals surface area contributed by atoms with E-state index in [-0.39, 0.29) is 17.5 Å². The van der Waals surface area contributed by atoms with Gasteiger partial charge in [-0.05, 0) is 31.5 Å². The minimum absolute atomic E-state index is 0.0103. The monoisotopic (exact) mass is 310 g/mol. The number of nitrogens with one attached hydrogen (secondary N) is 1. The highest BCUT2D eigenvalue weighted by Crippen LogP contribution is 2.22. The number of aromatic nitrogens is 3. The van der Waals surface area contributed by atoms with E-state index in [2.05, 4.69) is 15.5 Å². The summed E-state index contributed by atoms with van der Waals surface area (Å²) in [6.45, 7) is 3.86. The van der Waals surface area contributed by atoms with Crippen LogP contribution < -0.4 is 5.32 Å². The summed E-state index contributed by atoms with van der Waals surface area (Å²) in [7, 11) is 1.83. The molecular formula is C14H16ClFN4O. The SMILES string of the molecule is Cc1nnc(CNC(=O)C(C)c2ccc(F)c(Cl)c2)n1C. The van der Waals surface area contributed by atoms with Gasteiger partial charge in [0.05, 0.1) is 17.5 Å². The van der Waals surface area contributed by atoms with Gasteiger partial charge in [0.15, 0.2) is 5.82 Å². The van der Waals surface area contributed by atoms with Crippen molar-refractivity contribution in [2.45, 2.75) is 26.3 Å². The van der Waals surface area contributed by atoms with E-state index in [9.17, 15) is 9.18 Å². The lowest BCUT2D eigenvalue weighted by atomic mass is 10.0. The van der Waals surface area contributed by atoms with Gasteiger partial charge in [-0.1, -0.05) is 17.7 Å². The number of carbonyl (C=O) groups is 1. The third-order valence-electron chi connectivity index (χ3n) is 3.44. The maximum atomic E-state index is 13.1. The van der Waals surface area contributed by atoms with E-state index in [1.54, 1.807) is 17.6 Å². The average Bonchev–Trinajstić information content (AvgIpc) is 2.78. The van der Waals surface area contributed by atoms with Crippen molar-refractivity contribution in [3.8, 4) is 0 Å². The van der Waals surface area contributed by atoms with E-state index < -0.39 is 11.7 Å². The lowest BCUT2D eigenvalue weighted by molar-refractivity contribution is -0.122. The summed E-state index contributed by atoms with van der Waals surface area (Å²) >= 11 is 5.73. The fraction of sp³-hybridized carbons (Fsp3) is 0.357. The van der Waals surface area contributed by atoms with Crippen molar-refractivity contribution in [2.24, 2.45) is 7.05 Å². The Morgan fingerprint density at radius 2 is 2.19 bits per heavy atom. The van der Waals surface area contributed by atoms with E-state index >= 15 is 0 Å². The van der Waals surface area contributed by atoms with Gasteiger partial charge >= 0.3 is 0 Å². The molecule has 1 amide bonds. The number of halogens is 2. The van der Waals surface area contributed by atoms with E-state index in [1.807, 2.05) is 14.0 Å². The van der Waals surface area contributed by atoms with Crippen LogP contribution in [0, 0.1) is 12.7 Å². The van der Waals surface area contributed by atoms with Crippen LogP contribution >= 0.6 is 11.6 Å². The summed E-state index contributed by atoms with van der Waals surface area (Å²) in [4.78, 5) is 12.1. The second kappa shape index (κ2) is 6.22. The van der Waals surface area contributed by atoms with Crippen LogP contribution in [0.3, 0.4) is 0 Å². The van der Waals surface area contributed by atoms with Gasteiger partial charge in [-0.2, -0.15) is 0 Å². The molecule has 0 saturated carbocycles. The van der Waals surface area contributed by atoms with E-state index in [0.29, 0.717) is 11.4 Å². The van der Waals surface area contributed by atoms with Gasteiger partial charge in [-0.25, -0.2) is 4.39 Å². The summed E-state index contributed by atoms with van der Waals surface area (Å²) in [6, 6.07) is 4.28. The molecule has 21 heavy (non-hydrogen) atoms. The molecule has 1 N–H and O–H groups in total. The third-order valence-corrected chi connectivity index (χ3v) is 3.73. The van der Waals surface area contributed by atoms with Crippen molar-refractivity contribution in [3.63, 3.8) is 0 Å². The van der Waals surface area contributed by atoms with Gasteiger partial charge in [0, 0.05) is 7.05 Å². The summed E-state index contributed by atoms with van der Waals surface area (Å²) in [6.07, 6.45) is 0. The molecule has 1 heterocycles. The Labute approximate surface area is 127 Å². The largest absolute Gasteiger partial charge is 0.348 e. The zero-order chi connectivity index (χ0) is 15.6. The molecule has 0 fully saturated rings. The quantitative estimate of drug-likeness (QED) is 0.943. The van der Waals surface area contributed by atoms with Crippen LogP contribution in [0.25, 0.3) is 0 Å². The van der Waals surface area contributed by atoms with Crippen LogP contribution in [0.2, 0.25) is 5.02 Å². The van der Waals surface area contributed by atoms with Crippen LogP contribution in [-0.2, 0) is 18.4 Å². The zero-order valence-corrected chi connectivity index (χ0v) is 12.8. The van der Waals surface area contributed by atoms with Gasteiger partial charge in [-0.3, -0.25) is 4.79 Å². The first-order valence-electron chi connectivity index (χ1n) is 6.47. The molecular weight excluding hydrogens is 295 g/mol. The molecule has 0 spiro atoms. The Balaban J connectivity index is 2.02. The van der Waals surface area contributed by atoms with Crippen molar-refractivity contribution >= 4 is 17.5 Å². The number of aryl methyl sites for hydroxylation is 1. The number of rotatable bonds is 4. The maximum Gasteiger partial charge on any atom is 0.227 e. The summed E-state index contributed by atoms with van der Waals surface area (Å²) in [5.74, 6) is 0.334. The van der Waals surface area contributed by atoms with E-state index in [4.69, 9.17) is 11.6 Å². The van der Waals surface area contributed by atoms with Crippen LogP contribution in [0.1, 0.15) is 30.1 Å². The van der Waals surface area contributed by atoms with Gasteiger partial charge < -0.3 is 9.88 Å². The number of benzene rings is 1. The zero-order valence-electron chi connectivity index (χ0n) is 12.0. The maximum absolute atomic E-state index is 13.1. The molecule has 0 aliphatic rings. The number of hydrogen-bond donors (Lipinski definition) is 1. The molecule has 112 valence electrons. The summed E-state index contributed by atoms with van der Waals surface area (Å²) in [5, 5.41) is 10.7. The highest BCUT2D eigenvalue weighted by atomic mass is 35.5. The number of amides is 1. The van der Waals surface area contributed by atoms with Crippen LogP contribution in [0.4, 0.5) is 4.39 Å². The predicted molar refractivity (Wildman–Crippen MR) is 77.4 cm³/mol. The first kappa shape index (κ1) is 15.4. The minimum Gasteiger partial charge on any atom is -0.348 e. The number of nitrogens with zero attached hydrogens (tertiary/aromatic N) is 3. The molecule has 1 unspecified atom stereocenters. The topological polar surface area (TPSA) is 59.8 Å². The Hall–Kier alpha value is -1.95. The molecule has 7 heteroatoms. The summed E-state index contributed by atoms with van der Waals surface area (Å²) < 4.78 is 14.9. The van der Waals surface area contributed by atoms with Crippen LogP contribution in [0.15, 0.2) is 18.2 Å². The van der Waals surface area contributed by atoms with Crippen molar-refractivity contribution in [2.75, 3.05) is 0 Å². The predicted octanol–water partition coefficient (Wildman–Crippen LogP) is 2.34. The second-order valence-electron chi connectivity index (χ2n) is 4.84. The lowest BCUT2D eigenvalue weighted by Crippen LogP contribution is -2.28. The number of hydrogen-bond acceptors (Lipinski definition) is 3. The third kappa shape index (κ3) is 3.39. The fourth-order valence-corrected chi connectivity index (χ4v) is 2.05. The summed E-state index contributed by atoms with van der Waals surface area (Å²) in [5.41, 5.74) is 0.660. The Morgan fingerprint density at radius 1 is 1.48 bits per heavy atom. The van der Waals surface area contributed by atoms with Crippen molar-refractivity contribution < 1.29 is 9.18 Å². The van der Waals surface area contributed by atoms with E-state index in [1.165, 1.54) is 12.1 Å².